The Labute approximate surface area is 136 Å². The van der Waals surface area contributed by atoms with Crippen molar-refractivity contribution in [2.24, 2.45) is 0 Å². The SMILES string of the molecule is CNC(c1cc(Cl)c(OC)c(OC)c1)c1sccc1Br. The van der Waals surface area contributed by atoms with Crippen molar-refractivity contribution in [1.82, 2.24) is 5.32 Å². The standard InChI is InChI=1S/C14H15BrClNO2S/c1-17-12(14-9(15)4-5-20-14)8-6-10(16)13(19-3)11(7-8)18-2/h4-7,12,17H,1-3H3. The molecule has 0 fully saturated rings. The van der Waals surface area contributed by atoms with Crippen molar-refractivity contribution in [1.29, 1.82) is 0 Å². The first-order valence-electron chi connectivity index (χ1n) is 5.94. The van der Waals surface area contributed by atoms with Gasteiger partial charge in [-0.1, -0.05) is 11.6 Å². The number of hydrogen-bond acceptors (Lipinski definition) is 4. The molecule has 2 rings (SSSR count). The van der Waals surface area contributed by atoms with Gasteiger partial charge in [0.2, 0.25) is 0 Å². The predicted octanol–water partition coefficient (Wildman–Crippen LogP) is 4.49. The highest BCUT2D eigenvalue weighted by Gasteiger charge is 2.20. The summed E-state index contributed by atoms with van der Waals surface area (Å²) in [4.78, 5) is 1.19. The molecule has 0 amide bonds. The van der Waals surface area contributed by atoms with Gasteiger partial charge in [0.1, 0.15) is 0 Å². The second-order valence-electron chi connectivity index (χ2n) is 4.09. The van der Waals surface area contributed by atoms with E-state index in [4.69, 9.17) is 21.1 Å². The van der Waals surface area contributed by atoms with Crippen LogP contribution in [0.15, 0.2) is 28.1 Å². The molecule has 0 bridgehead atoms. The number of nitrogens with one attached hydrogen (secondary N) is 1. The molecule has 6 heteroatoms. The maximum absolute atomic E-state index is 6.27. The van der Waals surface area contributed by atoms with Gasteiger partial charge < -0.3 is 14.8 Å². The van der Waals surface area contributed by atoms with Crippen molar-refractivity contribution in [3.05, 3.63) is 43.5 Å². The normalized spacial score (nSPS) is 12.2. The van der Waals surface area contributed by atoms with Crippen molar-refractivity contribution < 1.29 is 9.47 Å². The van der Waals surface area contributed by atoms with Gasteiger partial charge in [-0.25, -0.2) is 0 Å². The van der Waals surface area contributed by atoms with Crippen molar-refractivity contribution in [3.63, 3.8) is 0 Å². The Bertz CT molecular complexity index is 603. The summed E-state index contributed by atoms with van der Waals surface area (Å²) in [6, 6.07) is 5.92. The predicted molar refractivity (Wildman–Crippen MR) is 87.5 cm³/mol. The first kappa shape index (κ1) is 15.6. The van der Waals surface area contributed by atoms with Crippen LogP contribution >= 0.6 is 38.9 Å². The molecule has 1 atom stereocenters. The van der Waals surface area contributed by atoms with E-state index in [1.165, 1.54) is 4.88 Å². The molecular formula is C14H15BrClNO2S. The van der Waals surface area contributed by atoms with Crippen molar-refractivity contribution in [3.8, 4) is 11.5 Å². The minimum absolute atomic E-state index is 0.0432. The van der Waals surface area contributed by atoms with Crippen LogP contribution in [-0.2, 0) is 0 Å². The Kier molecular flexibility index (Phi) is 5.32. The minimum Gasteiger partial charge on any atom is -0.493 e. The molecule has 1 aromatic heterocycles. The first-order valence-corrected chi connectivity index (χ1v) is 7.99. The van der Waals surface area contributed by atoms with E-state index in [9.17, 15) is 0 Å². The maximum Gasteiger partial charge on any atom is 0.179 e. The van der Waals surface area contributed by atoms with E-state index in [1.54, 1.807) is 25.6 Å². The molecule has 0 aliphatic rings. The molecule has 108 valence electrons. The highest BCUT2D eigenvalue weighted by atomic mass is 79.9. The maximum atomic E-state index is 6.27. The molecule has 0 aliphatic carbocycles. The Morgan fingerprint density at radius 1 is 1.30 bits per heavy atom. The average molecular weight is 377 g/mol. The number of thiophene rings is 1. The molecule has 1 heterocycles. The van der Waals surface area contributed by atoms with E-state index < -0.39 is 0 Å². The van der Waals surface area contributed by atoms with Gasteiger partial charge in [0.05, 0.1) is 25.3 Å². The number of ether oxygens (including phenoxy) is 2. The lowest BCUT2D eigenvalue weighted by molar-refractivity contribution is 0.354. The lowest BCUT2D eigenvalue weighted by Gasteiger charge is -2.19. The Morgan fingerprint density at radius 2 is 2.05 bits per heavy atom. The lowest BCUT2D eigenvalue weighted by Crippen LogP contribution is -2.17. The van der Waals surface area contributed by atoms with Crippen LogP contribution in [0.5, 0.6) is 11.5 Å². The zero-order valence-corrected chi connectivity index (χ0v) is 14.5. The number of methoxy groups -OCH3 is 2. The minimum atomic E-state index is 0.0432. The van der Waals surface area contributed by atoms with Crippen LogP contribution in [0.2, 0.25) is 5.02 Å². The van der Waals surface area contributed by atoms with Crippen LogP contribution in [0.4, 0.5) is 0 Å². The molecule has 0 spiro atoms. The van der Waals surface area contributed by atoms with Crippen molar-refractivity contribution >= 4 is 38.9 Å². The van der Waals surface area contributed by atoms with Gasteiger partial charge >= 0.3 is 0 Å². The zero-order chi connectivity index (χ0) is 14.7. The highest BCUT2D eigenvalue weighted by Crippen LogP contribution is 2.40. The summed E-state index contributed by atoms with van der Waals surface area (Å²) in [6.07, 6.45) is 0. The van der Waals surface area contributed by atoms with Crippen molar-refractivity contribution in [2.75, 3.05) is 21.3 Å². The first-order chi connectivity index (χ1) is 9.62. The van der Waals surface area contributed by atoms with E-state index in [-0.39, 0.29) is 6.04 Å². The summed E-state index contributed by atoms with van der Waals surface area (Å²) >= 11 is 11.5. The lowest BCUT2D eigenvalue weighted by atomic mass is 10.0. The number of benzene rings is 1. The molecule has 0 aliphatic heterocycles. The van der Waals surface area contributed by atoms with Crippen LogP contribution in [0, 0.1) is 0 Å². The monoisotopic (exact) mass is 375 g/mol. The molecule has 0 saturated carbocycles. The van der Waals surface area contributed by atoms with Crippen LogP contribution in [0.25, 0.3) is 0 Å². The second-order valence-corrected chi connectivity index (χ2v) is 6.30. The van der Waals surface area contributed by atoms with Crippen LogP contribution in [0.3, 0.4) is 0 Å². The molecule has 2 aromatic rings. The molecule has 0 radical (unpaired) electrons. The van der Waals surface area contributed by atoms with Gasteiger partial charge in [-0.2, -0.15) is 0 Å². The Balaban J connectivity index is 2.51. The summed E-state index contributed by atoms with van der Waals surface area (Å²) in [5, 5.41) is 5.89. The summed E-state index contributed by atoms with van der Waals surface area (Å²) in [5.41, 5.74) is 1.03. The quantitative estimate of drug-likeness (QED) is 0.834. The zero-order valence-electron chi connectivity index (χ0n) is 11.4. The van der Waals surface area contributed by atoms with E-state index >= 15 is 0 Å². The molecule has 1 unspecified atom stereocenters. The van der Waals surface area contributed by atoms with Gasteiger partial charge in [0, 0.05) is 9.35 Å². The van der Waals surface area contributed by atoms with Crippen LogP contribution < -0.4 is 14.8 Å². The van der Waals surface area contributed by atoms with Gasteiger partial charge in [-0.05, 0) is 52.1 Å². The van der Waals surface area contributed by atoms with Gasteiger partial charge in [0.25, 0.3) is 0 Å². The van der Waals surface area contributed by atoms with Gasteiger partial charge in [0.15, 0.2) is 11.5 Å². The number of hydrogen-bond donors (Lipinski definition) is 1. The summed E-state index contributed by atoms with van der Waals surface area (Å²) in [7, 11) is 5.10. The second kappa shape index (κ2) is 6.80. The number of halogens is 2. The summed E-state index contributed by atoms with van der Waals surface area (Å²) in [6.45, 7) is 0. The smallest absolute Gasteiger partial charge is 0.179 e. The van der Waals surface area contributed by atoms with Crippen LogP contribution in [-0.4, -0.2) is 21.3 Å². The van der Waals surface area contributed by atoms with Crippen LogP contribution in [0.1, 0.15) is 16.5 Å². The molecular weight excluding hydrogens is 362 g/mol. The molecule has 1 N–H and O–H groups in total. The largest absolute Gasteiger partial charge is 0.493 e. The third-order valence-corrected chi connectivity index (χ3v) is 5.20. The third-order valence-electron chi connectivity index (χ3n) is 2.98. The Hall–Kier alpha value is -0.750. The average Bonchev–Trinajstić information content (AvgIpc) is 2.85. The number of rotatable bonds is 5. The van der Waals surface area contributed by atoms with E-state index in [0.29, 0.717) is 16.5 Å². The van der Waals surface area contributed by atoms with E-state index in [1.807, 2.05) is 30.6 Å². The van der Waals surface area contributed by atoms with E-state index in [2.05, 4.69) is 21.2 Å². The molecule has 1 aromatic carbocycles. The molecule has 3 nitrogen and oxygen atoms in total. The van der Waals surface area contributed by atoms with E-state index in [0.717, 1.165) is 10.0 Å². The fourth-order valence-electron chi connectivity index (χ4n) is 2.07. The van der Waals surface area contributed by atoms with Gasteiger partial charge in [-0.15, -0.1) is 11.3 Å². The topological polar surface area (TPSA) is 30.5 Å². The fourth-order valence-corrected chi connectivity index (χ4v) is 4.10. The fraction of sp³-hybridized carbons (Fsp3) is 0.286. The third kappa shape index (κ3) is 2.96. The summed E-state index contributed by atoms with van der Waals surface area (Å²) < 4.78 is 11.7. The van der Waals surface area contributed by atoms with Gasteiger partial charge in [-0.3, -0.25) is 0 Å². The molecule has 0 saturated heterocycles. The Morgan fingerprint density at radius 3 is 2.55 bits per heavy atom. The summed E-state index contributed by atoms with van der Waals surface area (Å²) in [5.74, 6) is 1.18. The molecule has 20 heavy (non-hydrogen) atoms. The highest BCUT2D eigenvalue weighted by molar-refractivity contribution is 9.10. The van der Waals surface area contributed by atoms with Crippen molar-refractivity contribution in [2.45, 2.75) is 6.04 Å².